The molecular weight excluding hydrogens is 490 g/mol. The van der Waals surface area contributed by atoms with Crippen molar-refractivity contribution in [1.29, 1.82) is 0 Å². The molecular formula is C30H35N7O2. The van der Waals surface area contributed by atoms with Gasteiger partial charge in [0.2, 0.25) is 0 Å². The van der Waals surface area contributed by atoms with Crippen LogP contribution in [-0.2, 0) is 4.74 Å². The number of allylic oxidation sites excluding steroid dienone is 1. The molecule has 0 spiro atoms. The number of benzene rings is 1. The van der Waals surface area contributed by atoms with Gasteiger partial charge >= 0.3 is 0 Å². The van der Waals surface area contributed by atoms with Gasteiger partial charge in [0.05, 0.1) is 30.1 Å². The van der Waals surface area contributed by atoms with Gasteiger partial charge < -0.3 is 30.1 Å². The van der Waals surface area contributed by atoms with E-state index in [1.807, 2.05) is 19.9 Å². The van der Waals surface area contributed by atoms with Crippen molar-refractivity contribution < 1.29 is 9.26 Å². The maximum atomic E-state index is 5.94. The van der Waals surface area contributed by atoms with E-state index in [1.165, 1.54) is 5.57 Å². The van der Waals surface area contributed by atoms with Crippen LogP contribution in [0.15, 0.2) is 68.6 Å². The van der Waals surface area contributed by atoms with Crippen molar-refractivity contribution in [3.63, 3.8) is 0 Å². The van der Waals surface area contributed by atoms with Crippen molar-refractivity contribution in [2.24, 2.45) is 4.99 Å². The second-order valence-corrected chi connectivity index (χ2v) is 10.6. The van der Waals surface area contributed by atoms with Gasteiger partial charge in [0.25, 0.3) is 0 Å². The topological polar surface area (TPSA) is 99.8 Å². The van der Waals surface area contributed by atoms with Crippen molar-refractivity contribution in [2.75, 3.05) is 39.6 Å². The Balaban J connectivity index is 1.46. The largest absolute Gasteiger partial charge is 0.496 e. The molecule has 0 bridgehead atoms. The van der Waals surface area contributed by atoms with E-state index in [1.54, 1.807) is 7.11 Å². The molecule has 0 radical (unpaired) electrons. The second-order valence-electron chi connectivity index (χ2n) is 10.6. The Morgan fingerprint density at radius 3 is 2.74 bits per heavy atom. The molecule has 3 N–H and O–H groups in total. The third kappa shape index (κ3) is 4.46. The summed E-state index contributed by atoms with van der Waals surface area (Å²) in [6.45, 7) is 7.72. The van der Waals surface area contributed by atoms with Crippen LogP contribution in [0.4, 0.5) is 5.82 Å². The highest BCUT2D eigenvalue weighted by Crippen LogP contribution is 2.42. The molecule has 3 aliphatic rings. The molecule has 39 heavy (non-hydrogen) atoms. The monoisotopic (exact) mass is 525 g/mol. The van der Waals surface area contributed by atoms with E-state index in [2.05, 4.69) is 77.4 Å². The summed E-state index contributed by atoms with van der Waals surface area (Å²) in [5, 5.41) is 16.1. The lowest BCUT2D eigenvalue weighted by molar-refractivity contribution is 0.305. The fourth-order valence-corrected chi connectivity index (χ4v) is 5.77. The number of fused-ring (bicyclic) bond motifs is 3. The van der Waals surface area contributed by atoms with E-state index in [0.29, 0.717) is 0 Å². The van der Waals surface area contributed by atoms with E-state index in [-0.39, 0.29) is 12.2 Å². The number of pyridine rings is 1. The van der Waals surface area contributed by atoms with Gasteiger partial charge in [0.15, 0.2) is 0 Å². The number of aliphatic imine (C=N–C) groups is 1. The zero-order valence-corrected chi connectivity index (χ0v) is 23.3. The molecule has 6 rings (SSSR count). The molecule has 1 aromatic carbocycles. The van der Waals surface area contributed by atoms with E-state index in [4.69, 9.17) is 19.2 Å². The van der Waals surface area contributed by atoms with Crippen molar-refractivity contribution in [1.82, 2.24) is 25.7 Å². The molecule has 0 saturated carbocycles. The summed E-state index contributed by atoms with van der Waals surface area (Å²) >= 11 is 0. The Hall–Kier alpha value is -4.11. The number of nitrogens with zero attached hydrogens (tertiary/aromatic N) is 4. The van der Waals surface area contributed by atoms with Gasteiger partial charge in [-0.05, 0) is 58.6 Å². The van der Waals surface area contributed by atoms with Gasteiger partial charge in [0.1, 0.15) is 29.3 Å². The SMILES string of the molecule is COC1=C(c2c(C)noc2C)CC2NC3=C(C2=C1)C(c1cc(NCCN(C)C)nc2ccccc12)=NC(C)N3. The molecule has 0 saturated heterocycles. The fourth-order valence-electron chi connectivity index (χ4n) is 5.77. The zero-order valence-electron chi connectivity index (χ0n) is 23.3. The number of para-hydroxylation sites is 1. The number of hydrogen-bond donors (Lipinski definition) is 3. The quantitative estimate of drug-likeness (QED) is 0.424. The summed E-state index contributed by atoms with van der Waals surface area (Å²) in [5.41, 5.74) is 8.22. The van der Waals surface area contributed by atoms with Crippen LogP contribution in [0.25, 0.3) is 16.5 Å². The fraction of sp³-hybridized carbons (Fsp3) is 0.367. The van der Waals surface area contributed by atoms with Crippen LogP contribution in [0.3, 0.4) is 0 Å². The predicted molar refractivity (Wildman–Crippen MR) is 154 cm³/mol. The zero-order chi connectivity index (χ0) is 27.3. The van der Waals surface area contributed by atoms with Gasteiger partial charge in [0, 0.05) is 47.2 Å². The Morgan fingerprint density at radius 1 is 1.18 bits per heavy atom. The number of anilines is 1. The predicted octanol–water partition coefficient (Wildman–Crippen LogP) is 4.12. The molecule has 9 heteroatoms. The van der Waals surface area contributed by atoms with Gasteiger partial charge in [-0.3, -0.25) is 4.99 Å². The van der Waals surface area contributed by atoms with Crippen molar-refractivity contribution in [3.05, 3.63) is 81.7 Å². The van der Waals surface area contributed by atoms with Crippen molar-refractivity contribution in [3.8, 4) is 0 Å². The van der Waals surface area contributed by atoms with Gasteiger partial charge in [-0.1, -0.05) is 23.4 Å². The minimum atomic E-state index is -0.0824. The van der Waals surface area contributed by atoms with Crippen LogP contribution in [0.2, 0.25) is 0 Å². The second kappa shape index (κ2) is 9.89. The third-order valence-corrected chi connectivity index (χ3v) is 7.53. The number of methoxy groups -OCH3 is 1. The first-order valence-corrected chi connectivity index (χ1v) is 13.4. The van der Waals surface area contributed by atoms with E-state index in [9.17, 15) is 0 Å². The summed E-state index contributed by atoms with van der Waals surface area (Å²) in [4.78, 5) is 12.2. The Kier molecular flexibility index (Phi) is 6.38. The summed E-state index contributed by atoms with van der Waals surface area (Å²) in [7, 11) is 5.86. The Labute approximate surface area is 228 Å². The van der Waals surface area contributed by atoms with Crippen LogP contribution in [0.1, 0.15) is 35.9 Å². The maximum Gasteiger partial charge on any atom is 0.141 e. The minimum Gasteiger partial charge on any atom is -0.496 e. The van der Waals surface area contributed by atoms with Gasteiger partial charge in [-0.15, -0.1) is 0 Å². The smallest absolute Gasteiger partial charge is 0.141 e. The standard InChI is InChI=1S/C30H35N7O2/c1-16-27(17(2)39-36-16)22-13-24-21(14-25(22)38-6)28-29(32-18(3)33-30(28)35-24)20-15-26(31-11-12-37(4)5)34-23-10-8-7-9-19(20)23/h7-10,14-15,18,24,33,35H,11-13H2,1-6H3,(H,31,34). The lowest BCUT2D eigenvalue weighted by atomic mass is 9.83. The summed E-state index contributed by atoms with van der Waals surface area (Å²) < 4.78 is 11.4. The Morgan fingerprint density at radius 2 is 2.00 bits per heavy atom. The molecule has 9 nitrogen and oxygen atoms in total. The number of aromatic nitrogens is 2. The average Bonchev–Trinajstić information content (AvgIpc) is 3.44. The van der Waals surface area contributed by atoms with E-state index >= 15 is 0 Å². The highest BCUT2D eigenvalue weighted by atomic mass is 16.5. The number of ether oxygens (including phenoxy) is 1. The molecule has 4 heterocycles. The summed E-state index contributed by atoms with van der Waals surface area (Å²) in [5.74, 6) is 3.48. The lowest BCUT2D eigenvalue weighted by Crippen LogP contribution is -2.37. The first-order valence-electron chi connectivity index (χ1n) is 13.4. The van der Waals surface area contributed by atoms with Crippen LogP contribution in [0.5, 0.6) is 0 Å². The van der Waals surface area contributed by atoms with Crippen molar-refractivity contribution in [2.45, 2.75) is 39.4 Å². The molecule has 2 aliphatic heterocycles. The van der Waals surface area contributed by atoms with Crippen molar-refractivity contribution >= 4 is 28.0 Å². The highest BCUT2D eigenvalue weighted by molar-refractivity contribution is 6.22. The lowest BCUT2D eigenvalue weighted by Gasteiger charge is -2.25. The number of likely N-dealkylation sites (N-methyl/N-ethyl adjacent to an activating group) is 1. The number of rotatable bonds is 7. The van der Waals surface area contributed by atoms with Gasteiger partial charge in [-0.25, -0.2) is 4.98 Å². The molecule has 0 amide bonds. The summed E-state index contributed by atoms with van der Waals surface area (Å²) in [6, 6.07) is 10.5. The van der Waals surface area contributed by atoms with Gasteiger partial charge in [-0.2, -0.15) is 0 Å². The minimum absolute atomic E-state index is 0.0754. The molecule has 1 aliphatic carbocycles. The molecule has 2 atom stereocenters. The number of hydrogen-bond acceptors (Lipinski definition) is 9. The molecule has 3 aromatic rings. The van der Waals surface area contributed by atoms with Crippen LogP contribution in [-0.4, -0.2) is 67.3 Å². The van der Waals surface area contributed by atoms with E-state index < -0.39 is 0 Å². The number of nitrogens with one attached hydrogen (secondary N) is 3. The first-order chi connectivity index (χ1) is 18.8. The highest BCUT2D eigenvalue weighted by Gasteiger charge is 2.40. The maximum absolute atomic E-state index is 5.94. The molecule has 2 aromatic heterocycles. The normalized spacial score (nSPS) is 20.4. The summed E-state index contributed by atoms with van der Waals surface area (Å²) in [6.07, 6.45) is 2.82. The average molecular weight is 526 g/mol. The first kappa shape index (κ1) is 25.2. The van der Waals surface area contributed by atoms with E-state index in [0.717, 1.165) is 87.3 Å². The molecule has 0 fully saturated rings. The van der Waals surface area contributed by atoms with Crippen LogP contribution >= 0.6 is 0 Å². The molecule has 202 valence electrons. The third-order valence-electron chi connectivity index (χ3n) is 7.53. The van der Waals surface area contributed by atoms with Crippen LogP contribution in [0, 0.1) is 13.8 Å². The van der Waals surface area contributed by atoms with Crippen LogP contribution < -0.4 is 16.0 Å². The molecule has 2 unspecified atom stereocenters. The Bertz CT molecular complexity index is 1560. The number of aryl methyl sites for hydroxylation is 2.